The molecule has 3 fully saturated rings. The van der Waals surface area contributed by atoms with Crippen LogP contribution in [0.2, 0.25) is 0 Å². The van der Waals surface area contributed by atoms with Gasteiger partial charge in [0.25, 0.3) is 0 Å². The summed E-state index contributed by atoms with van der Waals surface area (Å²) in [6.45, 7) is 2.28. The fourth-order valence-electron chi connectivity index (χ4n) is 7.86. The van der Waals surface area contributed by atoms with Crippen LogP contribution in [0, 0.1) is 0 Å². The van der Waals surface area contributed by atoms with Crippen LogP contribution in [0.1, 0.15) is 114 Å². The standard InChI is InChI=1S/C34H48OP2/c1-2-33(36(29-20-10-4-11-21-29)30-22-12-5-13-23-30)34(28-18-8-3-9-19-28)37(35,31-24-14-6-15-25-31)32-26-16-7-17-27-32/h2-4,8-11,18-21,30-32,34H,5-7,12-17,22-27H2,1H3/b33-2+/t34-,36?/m0/s1. The van der Waals surface area contributed by atoms with Gasteiger partial charge in [-0.25, -0.2) is 0 Å². The maximum Gasteiger partial charge on any atom is 0.105 e. The molecule has 3 aliphatic carbocycles. The van der Waals surface area contributed by atoms with Crippen LogP contribution in [-0.4, -0.2) is 17.0 Å². The molecule has 0 saturated heterocycles. The summed E-state index contributed by atoms with van der Waals surface area (Å²) in [6.07, 6.45) is 21.7. The lowest BCUT2D eigenvalue weighted by Gasteiger charge is -2.46. The molecule has 2 atom stereocenters. The van der Waals surface area contributed by atoms with Crippen molar-refractivity contribution < 1.29 is 4.57 Å². The van der Waals surface area contributed by atoms with Crippen molar-refractivity contribution in [2.24, 2.45) is 0 Å². The fraction of sp³-hybridized carbons (Fsp3) is 0.588. The van der Waals surface area contributed by atoms with Crippen LogP contribution in [0.4, 0.5) is 0 Å². The van der Waals surface area contributed by atoms with E-state index in [2.05, 4.69) is 73.7 Å². The Bertz CT molecular complexity index is 1010. The third kappa shape index (κ3) is 6.04. The van der Waals surface area contributed by atoms with Crippen molar-refractivity contribution in [3.8, 4) is 0 Å². The third-order valence-corrected chi connectivity index (χ3v) is 17.7. The zero-order chi connectivity index (χ0) is 25.5. The van der Waals surface area contributed by atoms with Gasteiger partial charge in [-0.2, -0.15) is 0 Å². The van der Waals surface area contributed by atoms with E-state index in [1.165, 1.54) is 107 Å². The Morgan fingerprint density at radius 2 is 1.16 bits per heavy atom. The summed E-state index contributed by atoms with van der Waals surface area (Å²) in [6, 6.07) is 22.6. The fourth-order valence-corrected chi connectivity index (χ4v) is 17.0. The molecule has 3 heteroatoms. The summed E-state index contributed by atoms with van der Waals surface area (Å²) in [5.41, 5.74) is 2.97. The van der Waals surface area contributed by atoms with Gasteiger partial charge in [0.05, 0.1) is 5.66 Å². The molecule has 3 aliphatic rings. The molecular weight excluding hydrogens is 486 g/mol. The third-order valence-electron chi connectivity index (χ3n) is 9.64. The second-order valence-corrected chi connectivity index (χ2v) is 17.9. The van der Waals surface area contributed by atoms with E-state index in [0.29, 0.717) is 11.3 Å². The molecule has 0 aromatic heterocycles. The van der Waals surface area contributed by atoms with Gasteiger partial charge < -0.3 is 4.57 Å². The van der Waals surface area contributed by atoms with E-state index in [1.807, 2.05) is 0 Å². The maximum atomic E-state index is 16.2. The average molecular weight is 535 g/mol. The molecule has 1 nitrogen and oxygen atoms in total. The van der Waals surface area contributed by atoms with Crippen molar-refractivity contribution >= 4 is 20.4 Å². The highest BCUT2D eigenvalue weighted by molar-refractivity contribution is 7.73. The van der Waals surface area contributed by atoms with Crippen molar-refractivity contribution in [1.82, 2.24) is 0 Å². The second kappa shape index (κ2) is 13.3. The van der Waals surface area contributed by atoms with Crippen molar-refractivity contribution in [1.29, 1.82) is 0 Å². The van der Waals surface area contributed by atoms with Crippen LogP contribution in [0.15, 0.2) is 72.1 Å². The molecule has 0 aliphatic heterocycles. The Morgan fingerprint density at radius 3 is 1.65 bits per heavy atom. The lowest BCUT2D eigenvalue weighted by Crippen LogP contribution is -2.29. The van der Waals surface area contributed by atoms with Crippen molar-refractivity contribution in [3.63, 3.8) is 0 Å². The highest BCUT2D eigenvalue weighted by atomic mass is 31.2. The van der Waals surface area contributed by atoms with Gasteiger partial charge >= 0.3 is 0 Å². The summed E-state index contributed by atoms with van der Waals surface area (Å²) >= 11 is 0. The molecule has 2 aromatic rings. The molecule has 1 unspecified atom stereocenters. The largest absolute Gasteiger partial charge is 0.322 e. The molecule has 37 heavy (non-hydrogen) atoms. The zero-order valence-electron chi connectivity index (χ0n) is 23.1. The van der Waals surface area contributed by atoms with E-state index in [0.717, 1.165) is 5.66 Å². The maximum absolute atomic E-state index is 16.2. The first-order valence-corrected chi connectivity index (χ1v) is 18.7. The Kier molecular flexibility index (Phi) is 9.83. The number of benzene rings is 2. The summed E-state index contributed by atoms with van der Waals surface area (Å²) in [5.74, 6) is 0. The van der Waals surface area contributed by atoms with Crippen LogP contribution < -0.4 is 5.30 Å². The van der Waals surface area contributed by atoms with Gasteiger partial charge in [-0.05, 0) is 75.2 Å². The number of rotatable bonds is 8. The minimum Gasteiger partial charge on any atom is -0.322 e. The van der Waals surface area contributed by atoms with Crippen LogP contribution in [0.3, 0.4) is 0 Å². The molecular formula is C34H48OP2. The van der Waals surface area contributed by atoms with Crippen molar-refractivity contribution in [2.45, 2.75) is 126 Å². The predicted octanol–water partition coefficient (Wildman–Crippen LogP) is 10.8. The van der Waals surface area contributed by atoms with Crippen molar-refractivity contribution in [3.05, 3.63) is 77.6 Å². The highest BCUT2D eigenvalue weighted by Crippen LogP contribution is 2.77. The van der Waals surface area contributed by atoms with Crippen LogP contribution >= 0.6 is 15.1 Å². The minimum absolute atomic E-state index is 0.0955. The van der Waals surface area contributed by atoms with Gasteiger partial charge in [-0.15, -0.1) is 0 Å². The van der Waals surface area contributed by atoms with E-state index < -0.39 is 15.1 Å². The molecule has 0 radical (unpaired) electrons. The van der Waals surface area contributed by atoms with E-state index in [9.17, 15) is 0 Å². The smallest absolute Gasteiger partial charge is 0.105 e. The second-order valence-electron chi connectivity index (χ2n) is 11.9. The van der Waals surface area contributed by atoms with E-state index in [-0.39, 0.29) is 5.66 Å². The van der Waals surface area contributed by atoms with E-state index >= 15 is 4.57 Å². The van der Waals surface area contributed by atoms with Crippen molar-refractivity contribution in [2.75, 3.05) is 0 Å². The van der Waals surface area contributed by atoms with Gasteiger partial charge in [-0.3, -0.25) is 0 Å². The lowest BCUT2D eigenvalue weighted by atomic mass is 9.99. The topological polar surface area (TPSA) is 17.1 Å². The molecule has 0 spiro atoms. The lowest BCUT2D eigenvalue weighted by molar-refractivity contribution is 0.443. The Morgan fingerprint density at radius 1 is 0.703 bits per heavy atom. The molecule has 3 saturated carbocycles. The quantitative estimate of drug-likeness (QED) is 0.308. The molecule has 2 aromatic carbocycles. The van der Waals surface area contributed by atoms with Gasteiger partial charge in [-0.1, -0.05) is 125 Å². The van der Waals surface area contributed by atoms with E-state index in [4.69, 9.17) is 0 Å². The van der Waals surface area contributed by atoms with Crippen LogP contribution in [-0.2, 0) is 4.57 Å². The molecule has 0 N–H and O–H groups in total. The Balaban J connectivity index is 1.67. The van der Waals surface area contributed by atoms with Crippen LogP contribution in [0.5, 0.6) is 0 Å². The first kappa shape index (κ1) is 27.4. The average Bonchev–Trinajstić information content (AvgIpc) is 2.99. The molecule has 200 valence electrons. The summed E-state index contributed by atoms with van der Waals surface area (Å²) in [5, 5.41) is 3.07. The normalized spacial score (nSPS) is 23.0. The zero-order valence-corrected chi connectivity index (χ0v) is 24.9. The monoisotopic (exact) mass is 534 g/mol. The molecule has 0 bridgehead atoms. The number of hydrogen-bond donors (Lipinski definition) is 0. The predicted molar refractivity (Wildman–Crippen MR) is 164 cm³/mol. The molecule has 0 heterocycles. The number of hydrogen-bond acceptors (Lipinski definition) is 1. The Labute approximate surface area is 228 Å². The summed E-state index contributed by atoms with van der Waals surface area (Å²) in [4.78, 5) is 0. The summed E-state index contributed by atoms with van der Waals surface area (Å²) in [7, 11) is -3.07. The van der Waals surface area contributed by atoms with Gasteiger partial charge in [0.15, 0.2) is 0 Å². The minimum atomic E-state index is -2.55. The van der Waals surface area contributed by atoms with Gasteiger partial charge in [0.2, 0.25) is 0 Å². The van der Waals surface area contributed by atoms with Gasteiger partial charge in [0.1, 0.15) is 7.14 Å². The summed E-state index contributed by atoms with van der Waals surface area (Å²) < 4.78 is 16.2. The Hall–Kier alpha value is -1.16. The first-order valence-electron chi connectivity index (χ1n) is 15.4. The molecule has 5 rings (SSSR count). The molecule has 0 amide bonds. The first-order chi connectivity index (χ1) is 18.2. The van der Waals surface area contributed by atoms with E-state index in [1.54, 1.807) is 5.31 Å². The van der Waals surface area contributed by atoms with Gasteiger partial charge in [0, 0.05) is 11.3 Å². The van der Waals surface area contributed by atoms with Crippen LogP contribution in [0.25, 0.3) is 0 Å². The SMILES string of the molecule is C/C=C(\[C@H](c1ccccc1)P(=O)(C1CCCCC1)C1CCCCC1)P(c1ccccc1)C1CCCCC1. The highest BCUT2D eigenvalue weighted by Gasteiger charge is 2.50. The number of allylic oxidation sites excluding steroid dienone is 2.